The fourth-order valence-electron chi connectivity index (χ4n) is 3.31. The first-order chi connectivity index (χ1) is 22.3. The zero-order valence-corrected chi connectivity index (χ0v) is 25.8. The first-order valence-corrected chi connectivity index (χ1v) is 14.1. The Morgan fingerprint density at radius 1 is 0.688 bits per heavy atom. The number of ether oxygens (including phenoxy) is 4. The summed E-state index contributed by atoms with van der Waals surface area (Å²) in [6.07, 6.45) is -12.7. The minimum absolute atomic E-state index is 0.222. The maximum Gasteiger partial charge on any atom is 0.368 e. The molecule has 14 nitrogen and oxygen atoms in total. The van der Waals surface area contributed by atoms with Gasteiger partial charge in [-0.05, 0) is 11.1 Å². The summed E-state index contributed by atoms with van der Waals surface area (Å²) in [5.41, 5.74) is 1.00. The van der Waals surface area contributed by atoms with Crippen LogP contribution in [0.5, 0.6) is 0 Å². The standard InChI is InChI=1S/C19H20F2O6.C9H10Cl2F2O8/c20-18(21,13-22)19(25,27-12-15-9-5-2-6-10-15)16(23)17(24)26-11-14-7-3-1-4-8-14;10-1-4(15)20-7(18)6(17)9(19,8(12,13)3-14)21-5(16)2-11/h1-10,13,16-17,23-25H,11-12H2;3,6-7,17-19H,1-2H2/t16-,17?,19+;6-,7?,9+/m11/s1. The fourth-order valence-corrected chi connectivity index (χ4v) is 3.42. The van der Waals surface area contributed by atoms with Crippen molar-refractivity contribution in [2.75, 3.05) is 11.8 Å². The molecule has 2 unspecified atom stereocenters. The summed E-state index contributed by atoms with van der Waals surface area (Å²) in [5, 5.41) is 58.4. The lowest BCUT2D eigenvalue weighted by Crippen LogP contribution is -2.64. The minimum Gasteiger partial charge on any atom is -0.432 e. The summed E-state index contributed by atoms with van der Waals surface area (Å²) < 4.78 is 72.2. The molecule has 20 heteroatoms. The van der Waals surface area contributed by atoms with Gasteiger partial charge in [-0.15, -0.1) is 23.2 Å². The monoisotopic (exact) mass is 736 g/mol. The van der Waals surface area contributed by atoms with Gasteiger partial charge in [0.15, 0.2) is 31.1 Å². The maximum atomic E-state index is 14.0. The van der Waals surface area contributed by atoms with Gasteiger partial charge in [0.25, 0.3) is 5.79 Å². The lowest BCUT2D eigenvalue weighted by atomic mass is 10.0. The van der Waals surface area contributed by atoms with Gasteiger partial charge in [0.05, 0.1) is 13.2 Å². The second-order valence-corrected chi connectivity index (χ2v) is 9.88. The summed E-state index contributed by atoms with van der Waals surface area (Å²) in [5.74, 6) is -22.1. The number of carbonyl (C=O) groups excluding carboxylic acids is 4. The lowest BCUT2D eigenvalue weighted by molar-refractivity contribution is -0.370. The molecule has 0 amide bonds. The Morgan fingerprint density at radius 3 is 1.54 bits per heavy atom. The van der Waals surface area contributed by atoms with Crippen LogP contribution in [0.25, 0.3) is 0 Å². The van der Waals surface area contributed by atoms with Crippen LogP contribution in [0, 0.1) is 0 Å². The molecular weight excluding hydrogens is 707 g/mol. The summed E-state index contributed by atoms with van der Waals surface area (Å²) in [7, 11) is 0. The fraction of sp³-hybridized carbons (Fsp3) is 0.429. The number of halogens is 6. The van der Waals surface area contributed by atoms with E-state index in [1.54, 1.807) is 48.5 Å². The van der Waals surface area contributed by atoms with E-state index in [4.69, 9.17) is 32.7 Å². The Kier molecular flexibility index (Phi) is 16.9. The molecule has 268 valence electrons. The van der Waals surface area contributed by atoms with Crippen LogP contribution in [0.1, 0.15) is 11.1 Å². The summed E-state index contributed by atoms with van der Waals surface area (Å²) in [6, 6.07) is 16.4. The first-order valence-electron chi connectivity index (χ1n) is 13.1. The Labute approximate surface area is 278 Å². The van der Waals surface area contributed by atoms with Gasteiger partial charge >= 0.3 is 29.6 Å². The largest absolute Gasteiger partial charge is 0.432 e. The number of hydrogen-bond donors (Lipinski definition) is 6. The summed E-state index contributed by atoms with van der Waals surface area (Å²) in [4.78, 5) is 42.7. The highest BCUT2D eigenvalue weighted by molar-refractivity contribution is 6.26. The van der Waals surface area contributed by atoms with E-state index < -0.39 is 91.1 Å². The SMILES string of the molecule is O=CC(F)(F)[C@@](O)(OC(=O)CCl)[C@H](O)C(O)OC(=O)CCl.O=CC(F)(F)[C@@](O)(OCc1ccccc1)[C@H](O)C(O)OCc1ccccc1. The van der Waals surface area contributed by atoms with Gasteiger partial charge in [0.1, 0.15) is 11.8 Å². The molecule has 0 aromatic heterocycles. The lowest BCUT2D eigenvalue weighted by Gasteiger charge is -2.37. The zero-order valence-electron chi connectivity index (χ0n) is 24.3. The number of aldehydes is 2. The normalized spacial score (nSPS) is 16.8. The molecule has 6 N–H and O–H groups in total. The number of aliphatic hydroxyl groups excluding tert-OH is 4. The predicted octanol–water partition coefficient (Wildman–Crippen LogP) is 0.375. The number of carbonyl (C=O) groups is 4. The van der Waals surface area contributed by atoms with Crippen LogP contribution in [0.15, 0.2) is 60.7 Å². The van der Waals surface area contributed by atoms with Gasteiger partial charge in [0, 0.05) is 0 Å². The summed E-state index contributed by atoms with van der Waals surface area (Å²) >= 11 is 9.98. The number of aliphatic hydroxyl groups is 6. The Morgan fingerprint density at radius 2 is 1.10 bits per heavy atom. The molecular formula is C28H30Cl2F4O14. The van der Waals surface area contributed by atoms with Crippen molar-refractivity contribution in [1.82, 2.24) is 0 Å². The predicted molar refractivity (Wildman–Crippen MR) is 152 cm³/mol. The van der Waals surface area contributed by atoms with Gasteiger partial charge < -0.3 is 49.6 Å². The van der Waals surface area contributed by atoms with Crippen molar-refractivity contribution in [2.24, 2.45) is 0 Å². The molecule has 0 saturated carbocycles. The van der Waals surface area contributed by atoms with Crippen molar-refractivity contribution in [1.29, 1.82) is 0 Å². The average Bonchev–Trinajstić information content (AvgIpc) is 3.09. The third-order valence-electron chi connectivity index (χ3n) is 5.90. The van der Waals surface area contributed by atoms with E-state index >= 15 is 0 Å². The molecule has 0 aliphatic rings. The molecule has 6 atom stereocenters. The van der Waals surface area contributed by atoms with E-state index in [1.807, 2.05) is 0 Å². The van der Waals surface area contributed by atoms with E-state index in [2.05, 4.69) is 9.47 Å². The van der Waals surface area contributed by atoms with Crippen molar-refractivity contribution >= 4 is 47.7 Å². The van der Waals surface area contributed by atoms with Gasteiger partial charge in [-0.1, -0.05) is 60.7 Å². The number of hydrogen-bond acceptors (Lipinski definition) is 14. The van der Waals surface area contributed by atoms with Crippen molar-refractivity contribution in [3.05, 3.63) is 71.8 Å². The number of rotatable bonds is 18. The highest BCUT2D eigenvalue weighted by Gasteiger charge is 2.64. The third kappa shape index (κ3) is 11.4. The molecule has 0 bridgehead atoms. The maximum absolute atomic E-state index is 14.0. The van der Waals surface area contributed by atoms with Crippen LogP contribution < -0.4 is 0 Å². The second kappa shape index (κ2) is 19.0. The van der Waals surface area contributed by atoms with Crippen LogP contribution >= 0.6 is 23.2 Å². The van der Waals surface area contributed by atoms with E-state index in [0.717, 1.165) is 0 Å². The van der Waals surface area contributed by atoms with Crippen LogP contribution in [-0.4, -0.2) is 115 Å². The highest BCUT2D eigenvalue weighted by atomic mass is 35.5. The topological polar surface area (TPSA) is 227 Å². The van der Waals surface area contributed by atoms with Gasteiger partial charge in [-0.2, -0.15) is 17.6 Å². The molecule has 0 aliphatic heterocycles. The van der Waals surface area contributed by atoms with Crippen LogP contribution in [-0.2, 0) is 51.3 Å². The molecule has 2 aromatic rings. The minimum atomic E-state index is -4.84. The van der Waals surface area contributed by atoms with E-state index in [-0.39, 0.29) is 6.61 Å². The van der Waals surface area contributed by atoms with Gasteiger partial charge in [-0.25, -0.2) is 0 Å². The molecule has 2 aromatic carbocycles. The smallest absolute Gasteiger partial charge is 0.368 e. The Bertz CT molecular complexity index is 1310. The Hall–Kier alpha value is -3.30. The quantitative estimate of drug-likeness (QED) is 0.0400. The van der Waals surface area contributed by atoms with Crippen LogP contribution in [0.2, 0.25) is 0 Å². The van der Waals surface area contributed by atoms with Crippen molar-refractivity contribution in [3.8, 4) is 0 Å². The highest BCUT2D eigenvalue weighted by Crippen LogP contribution is 2.35. The van der Waals surface area contributed by atoms with E-state index in [1.165, 1.54) is 12.1 Å². The van der Waals surface area contributed by atoms with E-state index in [0.29, 0.717) is 11.1 Å². The molecule has 2 rings (SSSR count). The van der Waals surface area contributed by atoms with Gasteiger partial charge in [-0.3, -0.25) is 19.2 Å². The molecule has 0 radical (unpaired) electrons. The first kappa shape index (κ1) is 42.7. The van der Waals surface area contributed by atoms with Crippen molar-refractivity contribution < 1.29 is 86.3 Å². The second-order valence-electron chi connectivity index (χ2n) is 9.35. The molecule has 48 heavy (non-hydrogen) atoms. The summed E-state index contributed by atoms with van der Waals surface area (Å²) in [6.45, 7) is -0.760. The number of benzene rings is 2. The van der Waals surface area contributed by atoms with Crippen molar-refractivity contribution in [3.63, 3.8) is 0 Å². The zero-order chi connectivity index (χ0) is 36.8. The molecule has 0 saturated heterocycles. The van der Waals surface area contributed by atoms with Gasteiger partial charge in [0.2, 0.25) is 6.29 Å². The van der Waals surface area contributed by atoms with Crippen LogP contribution in [0.3, 0.4) is 0 Å². The number of alkyl halides is 6. The van der Waals surface area contributed by atoms with E-state index in [9.17, 15) is 67.4 Å². The molecule has 0 fully saturated rings. The van der Waals surface area contributed by atoms with Crippen molar-refractivity contribution in [2.45, 2.75) is 61.4 Å². The molecule has 0 spiro atoms. The number of esters is 2. The Balaban J connectivity index is 0.000000498. The molecule has 0 heterocycles. The van der Waals surface area contributed by atoms with Crippen LogP contribution in [0.4, 0.5) is 17.6 Å². The average molecular weight is 737 g/mol. The molecule has 0 aliphatic carbocycles. The third-order valence-corrected chi connectivity index (χ3v) is 6.33.